The standard InChI is InChI=1S/C20H28ClN3O2/c1-6-14(2)24(18(25)13-20(3,4)5)12-11-17-22-19(23-26-17)15-7-9-16(21)10-8-15/h7-10,14H,6,11-13H2,1-5H3/t14-/m1/s1. The Balaban J connectivity index is 2.04. The molecule has 1 aromatic carbocycles. The van der Waals surface area contributed by atoms with Crippen LogP contribution in [0.25, 0.3) is 11.4 Å². The maximum Gasteiger partial charge on any atom is 0.228 e. The van der Waals surface area contributed by atoms with E-state index in [1.165, 1.54) is 0 Å². The number of halogens is 1. The number of aromatic nitrogens is 2. The van der Waals surface area contributed by atoms with E-state index in [0.717, 1.165) is 12.0 Å². The smallest absolute Gasteiger partial charge is 0.228 e. The lowest BCUT2D eigenvalue weighted by Gasteiger charge is -2.31. The van der Waals surface area contributed by atoms with Crippen molar-refractivity contribution in [2.75, 3.05) is 6.54 Å². The van der Waals surface area contributed by atoms with E-state index in [2.05, 4.69) is 44.8 Å². The molecule has 0 aliphatic carbocycles. The normalized spacial score (nSPS) is 12.8. The predicted octanol–water partition coefficient (Wildman–Crippen LogP) is 5.00. The third kappa shape index (κ3) is 5.84. The van der Waals surface area contributed by atoms with Gasteiger partial charge in [-0.15, -0.1) is 0 Å². The Morgan fingerprint density at radius 1 is 1.27 bits per heavy atom. The van der Waals surface area contributed by atoms with Gasteiger partial charge < -0.3 is 9.42 Å². The molecule has 0 spiro atoms. The number of carbonyl (C=O) groups excluding carboxylic acids is 1. The molecular formula is C20H28ClN3O2. The van der Waals surface area contributed by atoms with Gasteiger partial charge in [0.05, 0.1) is 0 Å². The SMILES string of the molecule is CC[C@@H](C)N(CCc1nc(-c2ccc(Cl)cc2)no1)C(=O)CC(C)(C)C. The lowest BCUT2D eigenvalue weighted by molar-refractivity contribution is -0.135. The zero-order chi connectivity index (χ0) is 19.3. The fraction of sp³-hybridized carbons (Fsp3) is 0.550. The summed E-state index contributed by atoms with van der Waals surface area (Å²) in [6.07, 6.45) is 1.98. The quantitative estimate of drug-likeness (QED) is 0.681. The first-order valence-corrected chi connectivity index (χ1v) is 9.45. The minimum Gasteiger partial charge on any atom is -0.339 e. The highest BCUT2D eigenvalue weighted by Crippen LogP contribution is 2.22. The Labute approximate surface area is 160 Å². The largest absolute Gasteiger partial charge is 0.339 e. The van der Waals surface area contributed by atoms with Gasteiger partial charge in [0.25, 0.3) is 0 Å². The molecule has 5 nitrogen and oxygen atoms in total. The zero-order valence-electron chi connectivity index (χ0n) is 16.3. The summed E-state index contributed by atoms with van der Waals surface area (Å²) in [6.45, 7) is 11.0. The van der Waals surface area contributed by atoms with Gasteiger partial charge in [-0.05, 0) is 43.0 Å². The van der Waals surface area contributed by atoms with Crippen LogP contribution in [0, 0.1) is 5.41 Å². The van der Waals surface area contributed by atoms with Crippen LogP contribution in [-0.4, -0.2) is 33.5 Å². The molecule has 0 saturated heterocycles. The second-order valence-electron chi connectivity index (χ2n) is 7.85. The van der Waals surface area contributed by atoms with Crippen molar-refractivity contribution in [2.24, 2.45) is 5.41 Å². The van der Waals surface area contributed by atoms with Crippen LogP contribution in [-0.2, 0) is 11.2 Å². The van der Waals surface area contributed by atoms with Crippen LogP contribution < -0.4 is 0 Å². The van der Waals surface area contributed by atoms with Gasteiger partial charge in [0.1, 0.15) is 0 Å². The molecule has 0 aliphatic rings. The number of hydrogen-bond donors (Lipinski definition) is 0. The second-order valence-corrected chi connectivity index (χ2v) is 8.29. The molecule has 1 aromatic heterocycles. The first kappa shape index (κ1) is 20.4. The van der Waals surface area contributed by atoms with Crippen molar-refractivity contribution < 1.29 is 9.32 Å². The van der Waals surface area contributed by atoms with Gasteiger partial charge in [0.2, 0.25) is 17.6 Å². The Hall–Kier alpha value is -1.88. The fourth-order valence-electron chi connectivity index (χ4n) is 2.66. The summed E-state index contributed by atoms with van der Waals surface area (Å²) in [5.41, 5.74) is 0.821. The van der Waals surface area contributed by atoms with Crippen LogP contribution in [0.1, 0.15) is 53.4 Å². The molecule has 26 heavy (non-hydrogen) atoms. The molecule has 2 rings (SSSR count). The first-order valence-electron chi connectivity index (χ1n) is 9.07. The van der Waals surface area contributed by atoms with Crippen molar-refractivity contribution in [1.82, 2.24) is 15.0 Å². The third-order valence-corrected chi connectivity index (χ3v) is 4.51. The van der Waals surface area contributed by atoms with E-state index in [4.69, 9.17) is 16.1 Å². The number of rotatable bonds is 7. The Morgan fingerprint density at radius 2 is 1.92 bits per heavy atom. The van der Waals surface area contributed by atoms with E-state index in [1.807, 2.05) is 17.0 Å². The Morgan fingerprint density at radius 3 is 2.50 bits per heavy atom. The molecule has 0 radical (unpaired) electrons. The van der Waals surface area contributed by atoms with E-state index in [9.17, 15) is 4.79 Å². The summed E-state index contributed by atoms with van der Waals surface area (Å²) in [7, 11) is 0. The summed E-state index contributed by atoms with van der Waals surface area (Å²) in [4.78, 5) is 19.1. The van der Waals surface area contributed by atoms with Crippen LogP contribution in [0.2, 0.25) is 5.02 Å². The summed E-state index contributed by atoms with van der Waals surface area (Å²) >= 11 is 5.91. The second kappa shape index (κ2) is 8.67. The first-order chi connectivity index (χ1) is 12.2. The highest BCUT2D eigenvalue weighted by Gasteiger charge is 2.24. The van der Waals surface area contributed by atoms with E-state index < -0.39 is 0 Å². The Bertz CT molecular complexity index is 719. The van der Waals surface area contributed by atoms with Crippen molar-refractivity contribution >= 4 is 17.5 Å². The Kier molecular flexibility index (Phi) is 6.81. The minimum absolute atomic E-state index is 0.0327. The van der Waals surface area contributed by atoms with Gasteiger partial charge in [-0.3, -0.25) is 4.79 Å². The molecule has 1 amide bonds. The minimum atomic E-state index is -0.0327. The van der Waals surface area contributed by atoms with E-state index in [-0.39, 0.29) is 17.4 Å². The third-order valence-electron chi connectivity index (χ3n) is 4.26. The highest BCUT2D eigenvalue weighted by atomic mass is 35.5. The molecule has 0 fully saturated rings. The van der Waals surface area contributed by atoms with Crippen molar-refractivity contribution in [2.45, 2.75) is 59.9 Å². The van der Waals surface area contributed by atoms with Crippen LogP contribution >= 0.6 is 11.6 Å². The maximum atomic E-state index is 12.7. The van der Waals surface area contributed by atoms with Gasteiger partial charge in [0, 0.05) is 36.0 Å². The number of amides is 1. The van der Waals surface area contributed by atoms with Gasteiger partial charge in [-0.1, -0.05) is 44.5 Å². The average molecular weight is 378 g/mol. The van der Waals surface area contributed by atoms with Gasteiger partial charge in [-0.25, -0.2) is 0 Å². The molecule has 1 atom stereocenters. The van der Waals surface area contributed by atoms with Crippen LogP contribution in [0.3, 0.4) is 0 Å². The number of carbonyl (C=O) groups is 1. The summed E-state index contributed by atoms with van der Waals surface area (Å²) in [5.74, 6) is 1.24. The molecule has 142 valence electrons. The number of hydrogen-bond acceptors (Lipinski definition) is 4. The highest BCUT2D eigenvalue weighted by molar-refractivity contribution is 6.30. The van der Waals surface area contributed by atoms with Gasteiger partial charge in [0.15, 0.2) is 0 Å². The van der Waals surface area contributed by atoms with Crippen LogP contribution in [0.15, 0.2) is 28.8 Å². The molecule has 6 heteroatoms. The molecule has 0 N–H and O–H groups in total. The van der Waals surface area contributed by atoms with Crippen molar-refractivity contribution in [3.05, 3.63) is 35.2 Å². The summed E-state index contributed by atoms with van der Waals surface area (Å²) in [5, 5.41) is 4.70. The van der Waals surface area contributed by atoms with Gasteiger partial charge in [-0.2, -0.15) is 4.98 Å². The number of benzene rings is 1. The van der Waals surface area contributed by atoms with E-state index >= 15 is 0 Å². The maximum absolute atomic E-state index is 12.7. The van der Waals surface area contributed by atoms with E-state index in [0.29, 0.717) is 36.1 Å². The predicted molar refractivity (Wildman–Crippen MR) is 104 cm³/mol. The van der Waals surface area contributed by atoms with Crippen molar-refractivity contribution in [3.63, 3.8) is 0 Å². The molecular weight excluding hydrogens is 350 g/mol. The van der Waals surface area contributed by atoms with Crippen molar-refractivity contribution in [1.29, 1.82) is 0 Å². The summed E-state index contributed by atoms with van der Waals surface area (Å²) in [6, 6.07) is 7.49. The van der Waals surface area contributed by atoms with Crippen molar-refractivity contribution in [3.8, 4) is 11.4 Å². The molecule has 2 aromatic rings. The van der Waals surface area contributed by atoms with Crippen LogP contribution in [0.4, 0.5) is 0 Å². The lowest BCUT2D eigenvalue weighted by atomic mass is 9.91. The average Bonchev–Trinajstić information content (AvgIpc) is 3.02. The molecule has 0 unspecified atom stereocenters. The van der Waals surface area contributed by atoms with Gasteiger partial charge >= 0.3 is 0 Å². The monoisotopic (exact) mass is 377 g/mol. The van der Waals surface area contributed by atoms with E-state index in [1.54, 1.807) is 12.1 Å². The molecule has 1 heterocycles. The molecule has 0 bridgehead atoms. The summed E-state index contributed by atoms with van der Waals surface area (Å²) < 4.78 is 5.36. The zero-order valence-corrected chi connectivity index (χ0v) is 17.0. The number of nitrogens with zero attached hydrogens (tertiary/aromatic N) is 3. The topological polar surface area (TPSA) is 59.2 Å². The lowest BCUT2D eigenvalue weighted by Crippen LogP contribution is -2.41. The molecule has 0 aliphatic heterocycles. The van der Waals surface area contributed by atoms with Crippen LogP contribution in [0.5, 0.6) is 0 Å². The fourth-order valence-corrected chi connectivity index (χ4v) is 2.78. The molecule has 0 saturated carbocycles.